The number of fused-ring (bicyclic) bond motifs is 1. The summed E-state index contributed by atoms with van der Waals surface area (Å²) in [5.74, 6) is 0. The Morgan fingerprint density at radius 3 is 2.84 bits per heavy atom. The van der Waals surface area contributed by atoms with E-state index in [4.69, 9.17) is 11.6 Å². The Labute approximate surface area is 119 Å². The number of rotatable bonds is 2. The maximum absolute atomic E-state index is 9.92. The number of pyridine rings is 1. The van der Waals surface area contributed by atoms with E-state index in [9.17, 15) is 5.11 Å². The highest BCUT2D eigenvalue weighted by molar-refractivity contribution is 7.14. The number of hydrogen-bond acceptors (Lipinski definition) is 5. The van der Waals surface area contributed by atoms with Gasteiger partial charge < -0.3 is 5.11 Å². The van der Waals surface area contributed by atoms with Crippen molar-refractivity contribution in [3.05, 3.63) is 33.6 Å². The number of halogens is 1. The number of aromatic nitrogens is 3. The molecule has 0 radical (unpaired) electrons. The van der Waals surface area contributed by atoms with Gasteiger partial charge in [0, 0.05) is 18.2 Å². The van der Waals surface area contributed by atoms with Crippen LogP contribution in [0.1, 0.15) is 30.1 Å². The lowest BCUT2D eigenvalue weighted by Gasteiger charge is -2.11. The first kappa shape index (κ1) is 12.7. The van der Waals surface area contributed by atoms with E-state index in [1.165, 1.54) is 11.3 Å². The molecule has 0 amide bonds. The third-order valence-corrected chi connectivity index (χ3v) is 4.58. The summed E-state index contributed by atoms with van der Waals surface area (Å²) >= 11 is 7.73. The second-order valence-corrected chi connectivity index (χ2v) is 6.28. The summed E-state index contributed by atoms with van der Waals surface area (Å²) in [7, 11) is 0. The fourth-order valence-electron chi connectivity index (χ4n) is 1.89. The van der Waals surface area contributed by atoms with E-state index in [-0.39, 0.29) is 0 Å². The minimum Gasteiger partial charge on any atom is -0.383 e. The smallest absolute Gasteiger partial charge is 0.150 e. The quantitative estimate of drug-likeness (QED) is 0.924. The lowest BCUT2D eigenvalue weighted by atomic mass is 10.1. The molecule has 1 N–H and O–H groups in total. The van der Waals surface area contributed by atoms with Crippen LogP contribution in [0.5, 0.6) is 0 Å². The van der Waals surface area contributed by atoms with Gasteiger partial charge in [0.15, 0.2) is 5.01 Å². The minimum absolute atomic E-state index is 0.564. The molecule has 98 valence electrons. The number of nitrogens with zero attached hydrogens (tertiary/aromatic N) is 3. The van der Waals surface area contributed by atoms with E-state index < -0.39 is 5.60 Å². The van der Waals surface area contributed by atoms with Gasteiger partial charge in [0.05, 0.1) is 16.3 Å². The number of allylic oxidation sites excluding steroid dienone is 1. The van der Waals surface area contributed by atoms with E-state index in [2.05, 4.69) is 15.2 Å². The van der Waals surface area contributed by atoms with Gasteiger partial charge >= 0.3 is 0 Å². The summed E-state index contributed by atoms with van der Waals surface area (Å²) in [5.41, 5.74) is 1.71. The van der Waals surface area contributed by atoms with Crippen molar-refractivity contribution in [1.29, 1.82) is 0 Å². The van der Waals surface area contributed by atoms with Crippen molar-refractivity contribution < 1.29 is 5.11 Å². The van der Waals surface area contributed by atoms with Crippen LogP contribution in [-0.2, 0) is 12.0 Å². The molecule has 3 rings (SSSR count). The summed E-state index contributed by atoms with van der Waals surface area (Å²) in [6, 6.07) is 0. The van der Waals surface area contributed by atoms with Gasteiger partial charge in [-0.1, -0.05) is 35.1 Å². The van der Waals surface area contributed by atoms with Crippen LogP contribution in [0.25, 0.3) is 16.6 Å². The fraction of sp³-hybridized carbons (Fsp3) is 0.308. The monoisotopic (exact) mass is 293 g/mol. The zero-order valence-electron chi connectivity index (χ0n) is 10.5. The Morgan fingerprint density at radius 2 is 2.16 bits per heavy atom. The molecule has 2 heterocycles. The number of aliphatic hydroxyl groups is 1. The first-order chi connectivity index (χ1) is 8.97. The highest BCUT2D eigenvalue weighted by atomic mass is 35.5. The molecule has 0 fully saturated rings. The van der Waals surface area contributed by atoms with Gasteiger partial charge in [0.1, 0.15) is 10.6 Å². The van der Waals surface area contributed by atoms with E-state index in [1.54, 1.807) is 20.0 Å². The molecule has 2 aromatic rings. The van der Waals surface area contributed by atoms with Crippen molar-refractivity contribution in [2.24, 2.45) is 0 Å². The van der Waals surface area contributed by atoms with Crippen LogP contribution in [0.15, 0.2) is 12.3 Å². The Morgan fingerprint density at radius 1 is 1.37 bits per heavy atom. The largest absolute Gasteiger partial charge is 0.383 e. The van der Waals surface area contributed by atoms with Gasteiger partial charge in [0.25, 0.3) is 0 Å². The molecular formula is C13H12ClN3OS. The SMILES string of the molecule is CC(C)(O)c1nnc(-c2cnc3c(c2Cl)C=CC3)s1. The standard InChI is InChI=1S/C13H12ClN3OS/c1-13(2,18)12-17-16-11(19-12)8-6-15-9-5-3-4-7(9)10(8)14/h3-4,6,18H,5H2,1-2H3. The predicted octanol–water partition coefficient (Wildman–Crippen LogP) is 3.05. The third-order valence-electron chi connectivity index (χ3n) is 2.91. The summed E-state index contributed by atoms with van der Waals surface area (Å²) < 4.78 is 0. The van der Waals surface area contributed by atoms with Gasteiger partial charge in [-0.25, -0.2) is 0 Å². The maximum atomic E-state index is 9.92. The molecule has 0 spiro atoms. The van der Waals surface area contributed by atoms with E-state index in [1.807, 2.05) is 12.2 Å². The molecule has 2 aromatic heterocycles. The Balaban J connectivity index is 2.08. The van der Waals surface area contributed by atoms with E-state index in [0.29, 0.717) is 15.0 Å². The van der Waals surface area contributed by atoms with Gasteiger partial charge in [-0.2, -0.15) is 0 Å². The van der Waals surface area contributed by atoms with Crippen LogP contribution in [0.2, 0.25) is 5.02 Å². The maximum Gasteiger partial charge on any atom is 0.150 e. The average molecular weight is 294 g/mol. The van der Waals surface area contributed by atoms with Crippen LogP contribution in [0.3, 0.4) is 0 Å². The third kappa shape index (κ3) is 2.18. The molecule has 0 aromatic carbocycles. The van der Waals surface area contributed by atoms with Crippen molar-refractivity contribution >= 4 is 29.0 Å². The van der Waals surface area contributed by atoms with Gasteiger partial charge in [-0.3, -0.25) is 4.98 Å². The van der Waals surface area contributed by atoms with Gasteiger partial charge in [-0.05, 0) is 13.8 Å². The zero-order chi connectivity index (χ0) is 13.6. The van der Waals surface area contributed by atoms with Crippen molar-refractivity contribution in [3.8, 4) is 10.6 Å². The topological polar surface area (TPSA) is 58.9 Å². The van der Waals surface area contributed by atoms with Crippen LogP contribution < -0.4 is 0 Å². The molecule has 1 aliphatic carbocycles. The summed E-state index contributed by atoms with van der Waals surface area (Å²) in [5, 5.41) is 19.9. The van der Waals surface area contributed by atoms with E-state index >= 15 is 0 Å². The van der Waals surface area contributed by atoms with Crippen molar-refractivity contribution in [1.82, 2.24) is 15.2 Å². The van der Waals surface area contributed by atoms with Crippen molar-refractivity contribution in [3.63, 3.8) is 0 Å². The molecule has 0 saturated carbocycles. The first-order valence-electron chi connectivity index (χ1n) is 5.87. The molecule has 4 nitrogen and oxygen atoms in total. The molecule has 0 saturated heterocycles. The summed E-state index contributed by atoms with van der Waals surface area (Å²) in [4.78, 5) is 4.40. The minimum atomic E-state index is -0.994. The highest BCUT2D eigenvalue weighted by Gasteiger charge is 2.24. The molecular weight excluding hydrogens is 282 g/mol. The zero-order valence-corrected chi connectivity index (χ0v) is 12.1. The van der Waals surface area contributed by atoms with Crippen LogP contribution in [0.4, 0.5) is 0 Å². The highest BCUT2D eigenvalue weighted by Crippen LogP contribution is 2.37. The summed E-state index contributed by atoms with van der Waals surface area (Å²) in [6.45, 7) is 3.37. The van der Waals surface area contributed by atoms with Crippen molar-refractivity contribution in [2.75, 3.05) is 0 Å². The Hall–Kier alpha value is -1.30. The van der Waals surface area contributed by atoms with Gasteiger partial charge in [0.2, 0.25) is 0 Å². The average Bonchev–Trinajstić information content (AvgIpc) is 2.96. The van der Waals surface area contributed by atoms with Crippen LogP contribution >= 0.6 is 22.9 Å². The molecule has 0 unspecified atom stereocenters. The van der Waals surface area contributed by atoms with E-state index in [0.717, 1.165) is 23.2 Å². The molecule has 0 aliphatic heterocycles. The van der Waals surface area contributed by atoms with Crippen LogP contribution in [-0.4, -0.2) is 20.3 Å². The Kier molecular flexibility index (Phi) is 2.92. The Bertz CT molecular complexity index is 673. The second-order valence-electron chi connectivity index (χ2n) is 4.92. The normalized spacial score (nSPS) is 13.9. The predicted molar refractivity (Wildman–Crippen MR) is 76.1 cm³/mol. The molecule has 19 heavy (non-hydrogen) atoms. The fourth-order valence-corrected chi connectivity index (χ4v) is 3.12. The lowest BCUT2D eigenvalue weighted by molar-refractivity contribution is 0.0775. The molecule has 6 heteroatoms. The first-order valence-corrected chi connectivity index (χ1v) is 7.07. The molecule has 0 atom stereocenters. The number of hydrogen-bond donors (Lipinski definition) is 1. The second kappa shape index (κ2) is 4.37. The van der Waals surface area contributed by atoms with Gasteiger partial charge in [-0.15, -0.1) is 10.2 Å². The molecule has 1 aliphatic rings. The van der Waals surface area contributed by atoms with Crippen molar-refractivity contribution in [2.45, 2.75) is 25.9 Å². The summed E-state index contributed by atoms with van der Waals surface area (Å²) in [6.07, 6.45) is 6.56. The lowest BCUT2D eigenvalue weighted by Crippen LogP contribution is -2.14. The molecule has 0 bridgehead atoms. The van der Waals surface area contributed by atoms with Crippen LogP contribution in [0, 0.1) is 0 Å².